The first-order valence-electron chi connectivity index (χ1n) is 6.72. The van der Waals surface area contributed by atoms with Crippen molar-refractivity contribution < 1.29 is 9.72 Å². The molecule has 0 fully saturated rings. The highest BCUT2D eigenvalue weighted by atomic mass is 32.1. The topological polar surface area (TPSA) is 72.2 Å². The van der Waals surface area contributed by atoms with E-state index in [1.807, 2.05) is 30.3 Å². The van der Waals surface area contributed by atoms with Crippen molar-refractivity contribution in [3.05, 3.63) is 63.7 Å². The Morgan fingerprint density at radius 2 is 1.91 bits per heavy atom. The van der Waals surface area contributed by atoms with E-state index in [9.17, 15) is 14.9 Å². The van der Waals surface area contributed by atoms with E-state index in [1.165, 1.54) is 6.07 Å². The molecule has 1 N–H and O–H groups in total. The number of rotatable bonds is 2. The summed E-state index contributed by atoms with van der Waals surface area (Å²) in [5.41, 5.74) is 1.95. The van der Waals surface area contributed by atoms with Gasteiger partial charge < -0.3 is 5.32 Å². The molecule has 1 aliphatic heterocycles. The average molecular weight is 310 g/mol. The molecular formula is C16H10N2O3S. The van der Waals surface area contributed by atoms with Gasteiger partial charge in [0.25, 0.3) is 11.6 Å². The van der Waals surface area contributed by atoms with Crippen molar-refractivity contribution in [2.45, 2.75) is 6.54 Å². The van der Waals surface area contributed by atoms with Gasteiger partial charge in [0.05, 0.1) is 10.5 Å². The number of carbonyl (C=O) groups is 1. The van der Waals surface area contributed by atoms with Crippen molar-refractivity contribution in [3.63, 3.8) is 0 Å². The molecule has 0 saturated carbocycles. The molecule has 2 heterocycles. The molecule has 0 unspecified atom stereocenters. The van der Waals surface area contributed by atoms with E-state index < -0.39 is 4.92 Å². The second-order valence-corrected chi connectivity index (χ2v) is 6.19. The van der Waals surface area contributed by atoms with Crippen LogP contribution in [0.25, 0.3) is 20.5 Å². The summed E-state index contributed by atoms with van der Waals surface area (Å²) >= 11 is 1.58. The second-order valence-electron chi connectivity index (χ2n) is 5.11. The number of hydrogen-bond acceptors (Lipinski definition) is 4. The number of thiophene rings is 1. The smallest absolute Gasteiger partial charge is 0.270 e. The van der Waals surface area contributed by atoms with E-state index in [-0.39, 0.29) is 11.6 Å². The molecule has 0 aliphatic carbocycles. The molecule has 4 rings (SSSR count). The highest BCUT2D eigenvalue weighted by molar-refractivity contribution is 7.22. The fourth-order valence-corrected chi connectivity index (χ4v) is 3.86. The molecule has 0 atom stereocenters. The fraction of sp³-hybridized carbons (Fsp3) is 0.0625. The van der Waals surface area contributed by atoms with Gasteiger partial charge in [-0.05, 0) is 23.1 Å². The van der Waals surface area contributed by atoms with Crippen LogP contribution in [-0.2, 0) is 6.54 Å². The van der Waals surface area contributed by atoms with Gasteiger partial charge in [0, 0.05) is 33.8 Å². The Morgan fingerprint density at radius 1 is 1.14 bits per heavy atom. The molecule has 5 nitrogen and oxygen atoms in total. The minimum atomic E-state index is -0.456. The Labute approximate surface area is 129 Å². The van der Waals surface area contributed by atoms with Crippen LogP contribution in [0.5, 0.6) is 0 Å². The van der Waals surface area contributed by atoms with Crippen molar-refractivity contribution in [3.8, 4) is 10.4 Å². The van der Waals surface area contributed by atoms with Gasteiger partial charge in [-0.25, -0.2) is 0 Å². The van der Waals surface area contributed by atoms with Crippen LogP contribution in [0.15, 0.2) is 42.5 Å². The third-order valence-electron chi connectivity index (χ3n) is 3.81. The Balaban J connectivity index is 1.99. The van der Waals surface area contributed by atoms with Gasteiger partial charge in [-0.1, -0.05) is 18.2 Å². The maximum atomic E-state index is 11.9. The monoisotopic (exact) mass is 310 g/mol. The third kappa shape index (κ3) is 1.88. The Morgan fingerprint density at radius 3 is 2.68 bits per heavy atom. The lowest BCUT2D eigenvalue weighted by Crippen LogP contribution is -2.12. The van der Waals surface area contributed by atoms with Gasteiger partial charge in [0.15, 0.2) is 0 Å². The fourth-order valence-electron chi connectivity index (χ4n) is 2.75. The van der Waals surface area contributed by atoms with Gasteiger partial charge in [0.2, 0.25) is 0 Å². The van der Waals surface area contributed by atoms with Crippen molar-refractivity contribution in [1.82, 2.24) is 5.32 Å². The molecule has 0 saturated heterocycles. The molecule has 0 spiro atoms. The molecular weight excluding hydrogens is 300 g/mol. The number of non-ortho nitro benzene ring substituents is 1. The molecule has 0 radical (unpaired) electrons. The summed E-state index contributed by atoms with van der Waals surface area (Å²) in [7, 11) is 0. The van der Waals surface area contributed by atoms with Gasteiger partial charge in [-0.15, -0.1) is 11.3 Å². The summed E-state index contributed by atoms with van der Waals surface area (Å²) in [6.07, 6.45) is 0. The van der Waals surface area contributed by atoms with E-state index in [1.54, 1.807) is 17.4 Å². The summed E-state index contributed by atoms with van der Waals surface area (Å²) in [6.45, 7) is 0.412. The predicted molar refractivity (Wildman–Crippen MR) is 85.1 cm³/mol. The lowest BCUT2D eigenvalue weighted by molar-refractivity contribution is -0.384. The number of benzene rings is 2. The summed E-state index contributed by atoms with van der Waals surface area (Å²) in [5, 5.41) is 15.0. The Hall–Kier alpha value is -2.73. The van der Waals surface area contributed by atoms with Crippen molar-refractivity contribution in [1.29, 1.82) is 0 Å². The van der Waals surface area contributed by atoms with E-state index in [2.05, 4.69) is 5.32 Å². The van der Waals surface area contributed by atoms with Crippen LogP contribution in [-0.4, -0.2) is 10.8 Å². The molecule has 22 heavy (non-hydrogen) atoms. The van der Waals surface area contributed by atoms with Crippen LogP contribution in [0, 0.1) is 10.1 Å². The van der Waals surface area contributed by atoms with Gasteiger partial charge >= 0.3 is 0 Å². The van der Waals surface area contributed by atoms with Gasteiger partial charge in [0.1, 0.15) is 0 Å². The largest absolute Gasteiger partial charge is 0.348 e. The number of nitro benzene ring substituents is 1. The van der Waals surface area contributed by atoms with Crippen LogP contribution in [0.3, 0.4) is 0 Å². The number of amides is 1. The van der Waals surface area contributed by atoms with E-state index >= 15 is 0 Å². The number of nitrogens with zero attached hydrogens (tertiary/aromatic N) is 1. The first-order valence-corrected chi connectivity index (χ1v) is 7.53. The molecule has 1 aliphatic rings. The van der Waals surface area contributed by atoms with Gasteiger partial charge in [-0.3, -0.25) is 14.9 Å². The van der Waals surface area contributed by atoms with Gasteiger partial charge in [-0.2, -0.15) is 0 Å². The van der Waals surface area contributed by atoms with Crippen LogP contribution in [0.4, 0.5) is 5.69 Å². The zero-order chi connectivity index (χ0) is 15.3. The maximum Gasteiger partial charge on any atom is 0.270 e. The van der Waals surface area contributed by atoms with Crippen LogP contribution >= 0.6 is 11.3 Å². The quantitative estimate of drug-likeness (QED) is 0.579. The van der Waals surface area contributed by atoms with Crippen molar-refractivity contribution in [2.24, 2.45) is 0 Å². The third-order valence-corrected chi connectivity index (χ3v) is 4.96. The summed E-state index contributed by atoms with van der Waals surface area (Å²) in [4.78, 5) is 23.5. The number of carbonyl (C=O) groups excluding carboxylic acids is 1. The molecule has 0 bridgehead atoms. The van der Waals surface area contributed by atoms with Crippen LogP contribution in [0.2, 0.25) is 0 Å². The molecule has 3 aromatic rings. The highest BCUT2D eigenvalue weighted by Crippen LogP contribution is 2.39. The van der Waals surface area contributed by atoms with E-state index in [0.29, 0.717) is 12.1 Å². The van der Waals surface area contributed by atoms with E-state index in [0.717, 1.165) is 26.1 Å². The number of fused-ring (bicyclic) bond motifs is 2. The zero-order valence-electron chi connectivity index (χ0n) is 11.3. The summed E-state index contributed by atoms with van der Waals surface area (Å²) in [5.74, 6) is -0.249. The number of nitro groups is 1. The highest BCUT2D eigenvalue weighted by Gasteiger charge is 2.27. The summed E-state index contributed by atoms with van der Waals surface area (Å²) < 4.78 is 1.12. The predicted octanol–water partition coefficient (Wildman–Crippen LogP) is 3.72. The number of hydrogen-bond donors (Lipinski definition) is 1. The first kappa shape index (κ1) is 13.0. The molecule has 6 heteroatoms. The minimum Gasteiger partial charge on any atom is -0.348 e. The van der Waals surface area contributed by atoms with E-state index in [4.69, 9.17) is 0 Å². The lowest BCUT2D eigenvalue weighted by Gasteiger charge is -2.04. The first-order chi connectivity index (χ1) is 10.6. The molecule has 2 aromatic carbocycles. The SMILES string of the molecule is O=C1NCc2c1cc([N+](=O)[O-])cc2-c1cc2ccccc2s1. The van der Waals surface area contributed by atoms with Crippen molar-refractivity contribution >= 4 is 33.0 Å². The zero-order valence-corrected chi connectivity index (χ0v) is 12.1. The normalized spacial score (nSPS) is 13.2. The minimum absolute atomic E-state index is 0.0525. The second kappa shape index (κ2) is 4.64. The summed E-state index contributed by atoms with van der Waals surface area (Å²) in [6, 6.07) is 12.9. The molecule has 1 amide bonds. The molecule has 1 aromatic heterocycles. The average Bonchev–Trinajstić information content (AvgIpc) is 3.10. The number of nitrogens with one attached hydrogen (secondary N) is 1. The standard InChI is InChI=1S/C16H10N2O3S/c19-16-12-7-10(18(20)21)6-11(13(12)8-17-16)15-5-9-3-1-2-4-14(9)22-15/h1-7H,8H2,(H,17,19). The van der Waals surface area contributed by atoms with Crippen molar-refractivity contribution in [2.75, 3.05) is 0 Å². The lowest BCUT2D eigenvalue weighted by atomic mass is 10.0. The van der Waals surface area contributed by atoms with Crippen LogP contribution in [0.1, 0.15) is 15.9 Å². The molecule has 108 valence electrons. The Bertz CT molecular complexity index is 913. The van der Waals surface area contributed by atoms with Crippen LogP contribution < -0.4 is 5.32 Å². The Kier molecular flexibility index (Phi) is 2.74. The maximum absolute atomic E-state index is 11.9.